The minimum Gasteiger partial charge on any atom is -0.459 e. The van der Waals surface area contributed by atoms with Gasteiger partial charge in [-0.3, -0.25) is 34.5 Å². The number of aromatic amines is 1. The Morgan fingerprint density at radius 2 is 1.66 bits per heavy atom. The van der Waals surface area contributed by atoms with E-state index < -0.39 is 35.5 Å². The zero-order chi connectivity index (χ0) is 29.9. The van der Waals surface area contributed by atoms with Crippen molar-refractivity contribution in [2.75, 3.05) is 12.3 Å². The lowest BCUT2D eigenvalue weighted by Gasteiger charge is -2.29. The number of fused-ring (bicyclic) bond motifs is 2. The molecule has 0 spiro atoms. The van der Waals surface area contributed by atoms with Crippen molar-refractivity contribution in [3.63, 3.8) is 0 Å². The maximum atomic E-state index is 13.3. The van der Waals surface area contributed by atoms with Crippen LogP contribution in [0.3, 0.4) is 0 Å². The van der Waals surface area contributed by atoms with Gasteiger partial charge in [0.05, 0.1) is 23.7 Å². The summed E-state index contributed by atoms with van der Waals surface area (Å²) in [6, 6.07) is 9.23. The summed E-state index contributed by atoms with van der Waals surface area (Å²) in [4.78, 5) is 58.1. The van der Waals surface area contributed by atoms with Crippen molar-refractivity contribution >= 4 is 40.4 Å². The number of nitrogens with zero attached hydrogens (tertiary/aromatic N) is 3. The van der Waals surface area contributed by atoms with Crippen LogP contribution in [0.25, 0.3) is 10.8 Å². The molecule has 1 aliphatic heterocycles. The van der Waals surface area contributed by atoms with Crippen LogP contribution in [-0.4, -0.2) is 68.0 Å². The molecule has 0 fully saturated rings. The third-order valence-corrected chi connectivity index (χ3v) is 6.57. The van der Waals surface area contributed by atoms with E-state index in [4.69, 9.17) is 10.5 Å². The highest BCUT2D eigenvalue weighted by Gasteiger charge is 2.38. The number of H-pyrrole nitrogens is 1. The minimum absolute atomic E-state index is 0.0348. The van der Waals surface area contributed by atoms with Gasteiger partial charge >= 0.3 is 5.97 Å². The molecule has 0 aliphatic carbocycles. The number of ether oxygens (including phenoxy) is 1. The fraction of sp³-hybridized carbons (Fsp3) is 0.448. The Labute approximate surface area is 238 Å². The molecule has 0 radical (unpaired) electrons. The topological polar surface area (TPSA) is 172 Å². The monoisotopic (exact) mass is 563 g/mol. The maximum absolute atomic E-state index is 13.3. The Hall–Kier alpha value is -4.32. The molecular formula is C29H37N7O5. The third kappa shape index (κ3) is 7.26. The Kier molecular flexibility index (Phi) is 8.72. The van der Waals surface area contributed by atoms with Gasteiger partial charge in [-0.05, 0) is 62.4 Å². The summed E-state index contributed by atoms with van der Waals surface area (Å²) in [5.41, 5.74) is 5.42. The van der Waals surface area contributed by atoms with Gasteiger partial charge in [0.15, 0.2) is 0 Å². The van der Waals surface area contributed by atoms with Gasteiger partial charge in [0.25, 0.3) is 11.8 Å². The molecule has 0 bridgehead atoms. The fourth-order valence-corrected chi connectivity index (χ4v) is 4.73. The van der Waals surface area contributed by atoms with E-state index in [0.29, 0.717) is 23.4 Å². The molecule has 2 heterocycles. The molecule has 3 amide bonds. The van der Waals surface area contributed by atoms with E-state index in [0.717, 1.165) is 15.7 Å². The minimum atomic E-state index is -0.965. The molecule has 12 heteroatoms. The standard InChI is InChI=1S/C29H37N7O5/c1-16(2)12-22(24(37)31-15-23-33-28(30)35-34-23)32-21(27(40)41-29(3,4)5)10-11-36-25(38)19-13-17-8-6-7-9-18(17)14-20(19)26(36)39/h6-9,13-14,16,21-22,32H,10-12,15H2,1-5H3,(H,31,37)(H3,30,33,34,35)/t21-,22+/m1/s1. The first-order valence-electron chi connectivity index (χ1n) is 13.6. The molecule has 2 atom stereocenters. The molecule has 4 rings (SSSR count). The number of imide groups is 1. The molecule has 0 unspecified atom stereocenters. The zero-order valence-electron chi connectivity index (χ0n) is 24.0. The lowest BCUT2D eigenvalue weighted by Crippen LogP contribution is -2.53. The van der Waals surface area contributed by atoms with Gasteiger partial charge in [0.1, 0.15) is 17.5 Å². The number of amides is 3. The highest BCUT2D eigenvalue weighted by Crippen LogP contribution is 2.28. The average Bonchev–Trinajstić information content (AvgIpc) is 3.41. The molecule has 218 valence electrons. The van der Waals surface area contributed by atoms with Crippen molar-refractivity contribution in [2.45, 2.75) is 71.7 Å². The Bertz CT molecular complexity index is 1400. The normalized spacial score (nSPS) is 14.8. The zero-order valence-corrected chi connectivity index (χ0v) is 24.0. The van der Waals surface area contributed by atoms with Crippen LogP contribution in [0.15, 0.2) is 36.4 Å². The highest BCUT2D eigenvalue weighted by atomic mass is 16.6. The quantitative estimate of drug-likeness (QED) is 0.202. The van der Waals surface area contributed by atoms with Crippen LogP contribution in [0.5, 0.6) is 0 Å². The van der Waals surface area contributed by atoms with Gasteiger partial charge < -0.3 is 15.8 Å². The lowest BCUT2D eigenvalue weighted by molar-refractivity contribution is -0.158. The van der Waals surface area contributed by atoms with Crippen molar-refractivity contribution in [1.29, 1.82) is 0 Å². The van der Waals surface area contributed by atoms with Crippen LogP contribution >= 0.6 is 0 Å². The predicted octanol–water partition coefficient (Wildman–Crippen LogP) is 2.56. The highest BCUT2D eigenvalue weighted by molar-refractivity contribution is 6.23. The van der Waals surface area contributed by atoms with Crippen molar-refractivity contribution in [3.8, 4) is 0 Å². The molecule has 12 nitrogen and oxygen atoms in total. The Morgan fingerprint density at radius 3 is 2.17 bits per heavy atom. The number of anilines is 1. The van der Waals surface area contributed by atoms with E-state index in [-0.39, 0.29) is 37.3 Å². The molecule has 5 N–H and O–H groups in total. The van der Waals surface area contributed by atoms with E-state index in [1.807, 2.05) is 38.1 Å². The van der Waals surface area contributed by atoms with Gasteiger partial charge in [0.2, 0.25) is 11.9 Å². The van der Waals surface area contributed by atoms with Gasteiger partial charge in [-0.1, -0.05) is 38.1 Å². The van der Waals surface area contributed by atoms with Crippen LogP contribution in [0, 0.1) is 5.92 Å². The van der Waals surface area contributed by atoms with Gasteiger partial charge in [-0.2, -0.15) is 4.98 Å². The van der Waals surface area contributed by atoms with E-state index in [9.17, 15) is 19.2 Å². The summed E-state index contributed by atoms with van der Waals surface area (Å²) in [5, 5.41) is 14.0. The summed E-state index contributed by atoms with van der Waals surface area (Å²) in [7, 11) is 0. The van der Waals surface area contributed by atoms with Gasteiger partial charge in [-0.15, -0.1) is 5.10 Å². The first kappa shape index (κ1) is 29.7. The van der Waals surface area contributed by atoms with Gasteiger partial charge in [0, 0.05) is 6.54 Å². The first-order valence-corrected chi connectivity index (χ1v) is 13.6. The average molecular weight is 564 g/mol. The number of benzene rings is 2. The largest absolute Gasteiger partial charge is 0.459 e. The second-order valence-electron chi connectivity index (χ2n) is 11.6. The summed E-state index contributed by atoms with van der Waals surface area (Å²) in [5.74, 6) is -1.19. The van der Waals surface area contributed by atoms with Crippen molar-refractivity contribution in [3.05, 3.63) is 53.3 Å². The molecular weight excluding hydrogens is 526 g/mol. The molecule has 1 aromatic heterocycles. The van der Waals surface area contributed by atoms with Crippen LogP contribution < -0.4 is 16.4 Å². The predicted molar refractivity (Wildman–Crippen MR) is 153 cm³/mol. The van der Waals surface area contributed by atoms with Crippen LogP contribution in [0.2, 0.25) is 0 Å². The number of nitrogens with two attached hydrogens (primary N) is 1. The van der Waals surface area contributed by atoms with E-state index in [1.165, 1.54) is 0 Å². The number of aromatic nitrogens is 3. The Morgan fingerprint density at radius 1 is 1.05 bits per heavy atom. The third-order valence-electron chi connectivity index (χ3n) is 6.57. The molecule has 3 aromatic rings. The van der Waals surface area contributed by atoms with Crippen LogP contribution in [-0.2, 0) is 20.9 Å². The summed E-state index contributed by atoms with van der Waals surface area (Å²) >= 11 is 0. The van der Waals surface area contributed by atoms with E-state index >= 15 is 0 Å². The number of rotatable bonds is 11. The molecule has 0 saturated heterocycles. The number of nitrogens with one attached hydrogen (secondary N) is 3. The molecule has 41 heavy (non-hydrogen) atoms. The number of hydrogen-bond donors (Lipinski definition) is 4. The van der Waals surface area contributed by atoms with Crippen molar-refractivity contribution in [2.24, 2.45) is 5.92 Å². The summed E-state index contributed by atoms with van der Waals surface area (Å²) < 4.78 is 5.64. The smallest absolute Gasteiger partial charge is 0.323 e. The number of carbonyl (C=O) groups is 4. The maximum Gasteiger partial charge on any atom is 0.323 e. The number of nitrogen functional groups attached to an aromatic ring is 1. The molecule has 1 aliphatic rings. The summed E-state index contributed by atoms with van der Waals surface area (Å²) in [6.45, 7) is 9.20. The first-order chi connectivity index (χ1) is 19.3. The van der Waals surface area contributed by atoms with E-state index in [2.05, 4.69) is 25.8 Å². The molecule has 2 aromatic carbocycles. The lowest BCUT2D eigenvalue weighted by atomic mass is 10.0. The second kappa shape index (κ2) is 12.0. The number of esters is 1. The van der Waals surface area contributed by atoms with Crippen LogP contribution in [0.1, 0.15) is 74.0 Å². The number of hydrogen-bond acceptors (Lipinski definition) is 9. The van der Waals surface area contributed by atoms with Crippen LogP contribution in [0.4, 0.5) is 5.95 Å². The fourth-order valence-electron chi connectivity index (χ4n) is 4.73. The Balaban J connectivity index is 1.51. The van der Waals surface area contributed by atoms with E-state index in [1.54, 1.807) is 32.9 Å². The summed E-state index contributed by atoms with van der Waals surface area (Å²) in [6.07, 6.45) is 0.476. The SMILES string of the molecule is CC(C)C[C@H](N[C@H](CCN1C(=O)c2cc3ccccc3cc2C1=O)C(=O)OC(C)(C)C)C(=O)NCc1nc(N)n[nH]1. The number of carbonyl (C=O) groups excluding carboxylic acids is 4. The van der Waals surface area contributed by atoms with Crippen molar-refractivity contribution in [1.82, 2.24) is 30.7 Å². The van der Waals surface area contributed by atoms with Crippen molar-refractivity contribution < 1.29 is 23.9 Å². The van der Waals surface area contributed by atoms with Gasteiger partial charge in [-0.25, -0.2) is 0 Å². The molecule has 0 saturated carbocycles. The second-order valence-corrected chi connectivity index (χ2v) is 11.6.